The third kappa shape index (κ3) is 6.16. The zero-order chi connectivity index (χ0) is 21.0. The van der Waals surface area contributed by atoms with Crippen LogP contribution in [0.3, 0.4) is 0 Å². The van der Waals surface area contributed by atoms with Gasteiger partial charge in [-0.15, -0.1) is 0 Å². The summed E-state index contributed by atoms with van der Waals surface area (Å²) in [4.78, 5) is 12.4. The Hall–Kier alpha value is -2.23. The Morgan fingerprint density at radius 3 is 2.30 bits per heavy atom. The summed E-state index contributed by atoms with van der Waals surface area (Å²) in [6, 6.07) is 2.25. The number of halogens is 3. The minimum absolute atomic E-state index is 0.0627. The second kappa shape index (κ2) is 8.20. The molecule has 0 spiro atoms. The predicted octanol–water partition coefficient (Wildman–Crippen LogP) is 3.53. The highest BCUT2D eigenvalue weighted by atomic mass is 32.2. The lowest BCUT2D eigenvalue weighted by Crippen LogP contribution is -2.35. The van der Waals surface area contributed by atoms with Gasteiger partial charge in [-0.2, -0.15) is 13.2 Å². The number of hydrogen-bond acceptors (Lipinski definition) is 4. The first-order chi connectivity index (χ1) is 12.2. The summed E-state index contributed by atoms with van der Waals surface area (Å²) in [5, 5.41) is 2.43. The number of carbonyl (C=O) groups excluding carboxylic acids is 1. The number of sulfonamides is 1. The summed E-state index contributed by atoms with van der Waals surface area (Å²) in [6.07, 6.45) is -4.43. The SMILES string of the molecule is C=C(CCNC(=O)c1cc(C(F)(F)F)ccc1NS(=O)(=O)C(C)(C)C)OC. The normalized spacial score (nSPS) is 12.4. The molecule has 0 aromatic heterocycles. The summed E-state index contributed by atoms with van der Waals surface area (Å²) in [5.41, 5.74) is -1.73. The number of carbonyl (C=O) groups is 1. The molecule has 0 aliphatic rings. The number of anilines is 1. The molecule has 2 N–H and O–H groups in total. The second-order valence-electron chi connectivity index (χ2n) is 6.72. The lowest BCUT2D eigenvalue weighted by atomic mass is 10.1. The van der Waals surface area contributed by atoms with E-state index in [9.17, 15) is 26.4 Å². The van der Waals surface area contributed by atoms with Gasteiger partial charge in [-0.05, 0) is 39.0 Å². The number of amides is 1. The van der Waals surface area contributed by atoms with E-state index in [4.69, 9.17) is 4.74 Å². The van der Waals surface area contributed by atoms with E-state index in [2.05, 4.69) is 16.6 Å². The maximum atomic E-state index is 13.0. The van der Waals surface area contributed by atoms with Crippen LogP contribution in [-0.2, 0) is 20.9 Å². The number of rotatable bonds is 7. The average molecular weight is 408 g/mol. The fourth-order valence-electron chi connectivity index (χ4n) is 1.81. The van der Waals surface area contributed by atoms with Gasteiger partial charge in [0.1, 0.15) is 0 Å². The molecule has 1 aromatic carbocycles. The zero-order valence-corrected chi connectivity index (χ0v) is 16.3. The predicted molar refractivity (Wildman–Crippen MR) is 96.8 cm³/mol. The zero-order valence-electron chi connectivity index (χ0n) is 15.5. The minimum atomic E-state index is -4.68. The van der Waals surface area contributed by atoms with Gasteiger partial charge in [-0.1, -0.05) is 6.58 Å². The first-order valence-electron chi connectivity index (χ1n) is 7.92. The molecule has 1 aromatic rings. The number of benzene rings is 1. The van der Waals surface area contributed by atoms with Crippen LogP contribution in [0.4, 0.5) is 18.9 Å². The van der Waals surface area contributed by atoms with Crippen molar-refractivity contribution < 1.29 is 31.1 Å². The van der Waals surface area contributed by atoms with Gasteiger partial charge in [0.15, 0.2) is 0 Å². The van der Waals surface area contributed by atoms with Crippen LogP contribution < -0.4 is 10.0 Å². The summed E-state index contributed by atoms with van der Waals surface area (Å²) >= 11 is 0. The number of alkyl halides is 3. The molecule has 6 nitrogen and oxygen atoms in total. The highest BCUT2D eigenvalue weighted by Crippen LogP contribution is 2.32. The van der Waals surface area contributed by atoms with Gasteiger partial charge >= 0.3 is 6.18 Å². The molecule has 0 aliphatic carbocycles. The largest absolute Gasteiger partial charge is 0.502 e. The van der Waals surface area contributed by atoms with E-state index < -0.39 is 38.0 Å². The van der Waals surface area contributed by atoms with Gasteiger partial charge in [0.05, 0.1) is 34.4 Å². The molecular formula is C17H23F3N2O4S. The van der Waals surface area contributed by atoms with Gasteiger partial charge < -0.3 is 10.1 Å². The van der Waals surface area contributed by atoms with Crippen LogP contribution in [0.2, 0.25) is 0 Å². The lowest BCUT2D eigenvalue weighted by molar-refractivity contribution is -0.137. The number of hydrogen-bond donors (Lipinski definition) is 2. The van der Waals surface area contributed by atoms with E-state index in [1.165, 1.54) is 27.9 Å². The summed E-state index contributed by atoms with van der Waals surface area (Å²) < 4.78 is 69.5. The summed E-state index contributed by atoms with van der Waals surface area (Å²) in [6.45, 7) is 7.91. The van der Waals surface area contributed by atoms with Crippen molar-refractivity contribution in [2.45, 2.75) is 38.1 Å². The molecular weight excluding hydrogens is 385 g/mol. The van der Waals surface area contributed by atoms with Crippen molar-refractivity contribution in [2.24, 2.45) is 0 Å². The van der Waals surface area contributed by atoms with Crippen LogP contribution in [0.5, 0.6) is 0 Å². The van der Waals surface area contributed by atoms with E-state index in [0.717, 1.165) is 6.07 Å². The van der Waals surface area contributed by atoms with Gasteiger partial charge in [0, 0.05) is 13.0 Å². The van der Waals surface area contributed by atoms with Crippen molar-refractivity contribution in [1.82, 2.24) is 5.32 Å². The molecule has 0 saturated heterocycles. The van der Waals surface area contributed by atoms with E-state index in [1.54, 1.807) is 0 Å². The lowest BCUT2D eigenvalue weighted by Gasteiger charge is -2.22. The van der Waals surface area contributed by atoms with Crippen molar-refractivity contribution >= 4 is 21.6 Å². The van der Waals surface area contributed by atoms with E-state index in [-0.39, 0.29) is 18.7 Å². The molecule has 0 saturated carbocycles. The fraction of sp³-hybridized carbons (Fsp3) is 0.471. The highest BCUT2D eigenvalue weighted by Gasteiger charge is 2.34. The molecule has 0 fully saturated rings. The number of ether oxygens (including phenoxy) is 1. The highest BCUT2D eigenvalue weighted by molar-refractivity contribution is 7.94. The second-order valence-corrected chi connectivity index (χ2v) is 9.16. The average Bonchev–Trinajstić information content (AvgIpc) is 2.52. The van der Waals surface area contributed by atoms with Crippen LogP contribution in [0.1, 0.15) is 43.1 Å². The molecule has 0 unspecified atom stereocenters. The van der Waals surface area contributed by atoms with E-state index in [1.807, 2.05) is 0 Å². The summed E-state index contributed by atoms with van der Waals surface area (Å²) in [7, 11) is -2.54. The molecule has 0 aliphatic heterocycles. The van der Waals surface area contributed by atoms with Crippen molar-refractivity contribution in [3.8, 4) is 0 Å². The maximum absolute atomic E-state index is 13.0. The third-order valence-electron chi connectivity index (χ3n) is 3.62. The van der Waals surface area contributed by atoms with Crippen LogP contribution >= 0.6 is 0 Å². The van der Waals surface area contributed by atoms with Crippen molar-refractivity contribution in [3.63, 3.8) is 0 Å². The van der Waals surface area contributed by atoms with Crippen LogP contribution in [-0.4, -0.2) is 32.7 Å². The number of nitrogens with one attached hydrogen (secondary N) is 2. The number of methoxy groups -OCH3 is 1. The van der Waals surface area contributed by atoms with Crippen molar-refractivity contribution in [3.05, 3.63) is 41.7 Å². The Morgan fingerprint density at radius 2 is 1.81 bits per heavy atom. The Labute approximate surface area is 156 Å². The van der Waals surface area contributed by atoms with E-state index in [0.29, 0.717) is 17.9 Å². The molecule has 0 bridgehead atoms. The van der Waals surface area contributed by atoms with Gasteiger partial charge in [-0.25, -0.2) is 8.42 Å². The smallest absolute Gasteiger partial charge is 0.416 e. The molecule has 0 radical (unpaired) electrons. The Bertz CT molecular complexity index is 812. The third-order valence-corrected chi connectivity index (χ3v) is 5.72. The van der Waals surface area contributed by atoms with Crippen LogP contribution in [0.25, 0.3) is 0 Å². The summed E-state index contributed by atoms with van der Waals surface area (Å²) in [5.74, 6) is -0.468. The van der Waals surface area contributed by atoms with E-state index >= 15 is 0 Å². The fourth-order valence-corrected chi connectivity index (χ4v) is 2.58. The van der Waals surface area contributed by atoms with Crippen LogP contribution in [0.15, 0.2) is 30.5 Å². The van der Waals surface area contributed by atoms with Gasteiger partial charge in [0.2, 0.25) is 10.0 Å². The monoisotopic (exact) mass is 408 g/mol. The molecule has 1 amide bonds. The molecule has 0 atom stereocenters. The maximum Gasteiger partial charge on any atom is 0.416 e. The molecule has 10 heteroatoms. The Kier molecular flexibility index (Phi) is 6.93. The standard InChI is InChI=1S/C17H23F3N2O4S/c1-11(26-5)8-9-21-15(23)13-10-12(17(18,19)20)6-7-14(13)22-27(24,25)16(2,3)4/h6-7,10,22H,1,8-9H2,2-5H3,(H,21,23). The van der Waals surface area contributed by atoms with Crippen LogP contribution in [0, 0.1) is 0 Å². The first kappa shape index (κ1) is 22.8. The van der Waals surface area contributed by atoms with Gasteiger partial charge in [-0.3, -0.25) is 9.52 Å². The minimum Gasteiger partial charge on any atom is -0.502 e. The quantitative estimate of drug-likeness (QED) is 0.676. The Balaban J connectivity index is 3.24. The van der Waals surface area contributed by atoms with Crippen molar-refractivity contribution in [2.75, 3.05) is 18.4 Å². The molecule has 0 heterocycles. The molecule has 152 valence electrons. The topological polar surface area (TPSA) is 84.5 Å². The molecule has 27 heavy (non-hydrogen) atoms. The Morgan fingerprint density at radius 1 is 1.22 bits per heavy atom. The van der Waals surface area contributed by atoms with Gasteiger partial charge in [0.25, 0.3) is 5.91 Å². The van der Waals surface area contributed by atoms with Crippen molar-refractivity contribution in [1.29, 1.82) is 0 Å². The first-order valence-corrected chi connectivity index (χ1v) is 9.41. The molecule has 1 rings (SSSR count).